The van der Waals surface area contributed by atoms with Gasteiger partial charge in [0.2, 0.25) is 0 Å². The molecule has 0 spiro atoms. The first-order chi connectivity index (χ1) is 12.7. The van der Waals surface area contributed by atoms with Crippen LogP contribution in [0.15, 0.2) is 35.5 Å². The number of hydrogen-bond acceptors (Lipinski definition) is 3. The molecule has 4 rings (SSSR count). The molecular weight excluding hydrogens is 326 g/mol. The first kappa shape index (κ1) is 17.1. The number of nitrogens with one attached hydrogen (secondary N) is 1. The van der Waals surface area contributed by atoms with Gasteiger partial charge < -0.3 is 15.8 Å². The lowest BCUT2D eigenvalue weighted by Gasteiger charge is -2.20. The van der Waals surface area contributed by atoms with Crippen molar-refractivity contribution in [1.82, 2.24) is 9.78 Å². The number of guanidine groups is 1. The number of rotatable bonds is 4. The highest BCUT2D eigenvalue weighted by Gasteiger charge is 2.31. The van der Waals surface area contributed by atoms with Gasteiger partial charge in [0, 0.05) is 38.0 Å². The normalized spacial score (nSPS) is 23.0. The van der Waals surface area contributed by atoms with Crippen LogP contribution in [0.3, 0.4) is 0 Å². The van der Waals surface area contributed by atoms with Crippen molar-refractivity contribution >= 4 is 11.6 Å². The summed E-state index contributed by atoms with van der Waals surface area (Å²) < 4.78 is 7.80. The number of nitrogens with zero attached hydrogens (tertiary/aromatic N) is 3. The number of aryl methyl sites for hydroxylation is 2. The smallest absolute Gasteiger partial charge is 0.193 e. The standard InChI is InChI=1S/C20H27N5O/c1-25-18(9-11-23-25)19-15(10-12-26-19)13-22-20(21)24-17-8-4-6-14-5-2-3-7-16(14)17/h4,6,8-9,11,15,19H,2-3,5,7,10,12-13H2,1H3,(H3,21,22,24)/t15-,19+/m0/s1. The monoisotopic (exact) mass is 353 g/mol. The molecule has 0 radical (unpaired) electrons. The number of anilines is 1. The molecule has 1 saturated heterocycles. The number of nitrogens with two attached hydrogens (primary N) is 1. The minimum atomic E-state index is 0.0449. The molecule has 0 unspecified atom stereocenters. The van der Waals surface area contributed by atoms with Gasteiger partial charge in [-0.25, -0.2) is 0 Å². The van der Waals surface area contributed by atoms with Crippen LogP contribution in [-0.2, 0) is 24.6 Å². The predicted molar refractivity (Wildman–Crippen MR) is 103 cm³/mol. The highest BCUT2D eigenvalue weighted by Crippen LogP contribution is 2.34. The van der Waals surface area contributed by atoms with E-state index in [0.29, 0.717) is 18.4 Å². The van der Waals surface area contributed by atoms with E-state index >= 15 is 0 Å². The molecule has 1 aromatic heterocycles. The molecule has 2 aromatic rings. The molecule has 1 aromatic carbocycles. The molecule has 0 saturated carbocycles. The first-order valence-electron chi connectivity index (χ1n) is 9.49. The van der Waals surface area contributed by atoms with E-state index in [1.54, 1.807) is 0 Å². The first-order valence-corrected chi connectivity index (χ1v) is 9.49. The van der Waals surface area contributed by atoms with E-state index in [1.165, 1.54) is 24.0 Å². The second kappa shape index (κ2) is 7.50. The number of aliphatic imine (C=N–C) groups is 1. The summed E-state index contributed by atoms with van der Waals surface area (Å²) in [5.41, 5.74) is 11.2. The molecule has 1 aliphatic heterocycles. The quantitative estimate of drug-likeness (QED) is 0.654. The van der Waals surface area contributed by atoms with Gasteiger partial charge >= 0.3 is 0 Å². The fourth-order valence-corrected chi connectivity index (χ4v) is 4.10. The number of hydrogen-bond donors (Lipinski definition) is 2. The van der Waals surface area contributed by atoms with Crippen molar-refractivity contribution in [2.75, 3.05) is 18.5 Å². The Labute approximate surface area is 154 Å². The molecule has 6 heteroatoms. The van der Waals surface area contributed by atoms with Crippen LogP contribution in [0, 0.1) is 5.92 Å². The maximum absolute atomic E-state index is 6.19. The summed E-state index contributed by atoms with van der Waals surface area (Å²) in [6.45, 7) is 1.42. The number of ether oxygens (including phenoxy) is 1. The van der Waals surface area contributed by atoms with Crippen molar-refractivity contribution in [2.24, 2.45) is 23.7 Å². The minimum absolute atomic E-state index is 0.0449. The molecule has 2 heterocycles. The topological polar surface area (TPSA) is 77.5 Å². The zero-order valence-electron chi connectivity index (χ0n) is 15.3. The minimum Gasteiger partial charge on any atom is -0.372 e. The Morgan fingerprint density at radius 3 is 3.08 bits per heavy atom. The molecule has 2 aliphatic rings. The van der Waals surface area contributed by atoms with Crippen molar-refractivity contribution < 1.29 is 4.74 Å². The van der Waals surface area contributed by atoms with Gasteiger partial charge in [0.25, 0.3) is 0 Å². The lowest BCUT2D eigenvalue weighted by Crippen LogP contribution is -2.25. The van der Waals surface area contributed by atoms with Crippen molar-refractivity contribution in [3.63, 3.8) is 0 Å². The molecule has 1 fully saturated rings. The van der Waals surface area contributed by atoms with Crippen LogP contribution in [-0.4, -0.2) is 28.9 Å². The molecule has 2 atom stereocenters. The van der Waals surface area contributed by atoms with E-state index in [-0.39, 0.29) is 6.10 Å². The molecule has 0 bridgehead atoms. The fourth-order valence-electron chi connectivity index (χ4n) is 4.10. The summed E-state index contributed by atoms with van der Waals surface area (Å²) >= 11 is 0. The van der Waals surface area contributed by atoms with Gasteiger partial charge in [-0.05, 0) is 55.4 Å². The third-order valence-electron chi connectivity index (χ3n) is 5.52. The molecule has 3 N–H and O–H groups in total. The highest BCUT2D eigenvalue weighted by atomic mass is 16.5. The van der Waals surface area contributed by atoms with Gasteiger partial charge in [0.05, 0.1) is 5.69 Å². The van der Waals surface area contributed by atoms with E-state index in [0.717, 1.165) is 37.3 Å². The summed E-state index contributed by atoms with van der Waals surface area (Å²) in [6.07, 6.45) is 7.65. The molecule has 6 nitrogen and oxygen atoms in total. The van der Waals surface area contributed by atoms with Crippen LogP contribution in [0.1, 0.15) is 42.2 Å². The Morgan fingerprint density at radius 2 is 2.23 bits per heavy atom. The number of fused-ring (bicyclic) bond motifs is 1. The highest BCUT2D eigenvalue weighted by molar-refractivity contribution is 5.93. The number of aromatic nitrogens is 2. The van der Waals surface area contributed by atoms with Crippen molar-refractivity contribution in [3.8, 4) is 0 Å². The number of benzene rings is 1. The largest absolute Gasteiger partial charge is 0.372 e. The van der Waals surface area contributed by atoms with Crippen LogP contribution in [0.4, 0.5) is 5.69 Å². The lowest BCUT2D eigenvalue weighted by molar-refractivity contribution is 0.0859. The van der Waals surface area contributed by atoms with E-state index in [9.17, 15) is 0 Å². The fraction of sp³-hybridized carbons (Fsp3) is 0.500. The SMILES string of the molecule is Cn1nccc1[C@@H]1OCC[C@H]1CN=C(N)Nc1cccc2c1CCCC2. The Balaban J connectivity index is 1.43. The van der Waals surface area contributed by atoms with Crippen molar-refractivity contribution in [3.05, 3.63) is 47.3 Å². The molecule has 0 amide bonds. The average molecular weight is 353 g/mol. The van der Waals surface area contributed by atoms with E-state index in [4.69, 9.17) is 10.5 Å². The Bertz CT molecular complexity index is 797. The van der Waals surface area contributed by atoms with Crippen molar-refractivity contribution in [1.29, 1.82) is 0 Å². The van der Waals surface area contributed by atoms with E-state index in [2.05, 4.69) is 33.6 Å². The van der Waals surface area contributed by atoms with Gasteiger partial charge in [0.1, 0.15) is 6.10 Å². The summed E-state index contributed by atoms with van der Waals surface area (Å²) in [5.74, 6) is 0.815. The van der Waals surface area contributed by atoms with E-state index in [1.807, 2.05) is 24.0 Å². The van der Waals surface area contributed by atoms with Crippen LogP contribution in [0.25, 0.3) is 0 Å². The predicted octanol–water partition coefficient (Wildman–Crippen LogP) is 2.80. The van der Waals surface area contributed by atoms with E-state index < -0.39 is 0 Å². The third kappa shape index (κ3) is 3.46. The Kier molecular flexibility index (Phi) is 4.93. The van der Waals surface area contributed by atoms with Crippen LogP contribution >= 0.6 is 0 Å². The second-order valence-electron chi connectivity index (χ2n) is 7.22. The third-order valence-corrected chi connectivity index (χ3v) is 5.52. The maximum atomic E-state index is 6.19. The van der Waals surface area contributed by atoms with Gasteiger partial charge in [0.15, 0.2) is 5.96 Å². The molecule has 138 valence electrons. The zero-order chi connectivity index (χ0) is 17.9. The molecule has 1 aliphatic carbocycles. The summed E-state index contributed by atoms with van der Waals surface area (Å²) in [4.78, 5) is 4.61. The summed E-state index contributed by atoms with van der Waals surface area (Å²) in [6, 6.07) is 8.44. The van der Waals surface area contributed by atoms with Gasteiger partial charge in [-0.2, -0.15) is 5.10 Å². The van der Waals surface area contributed by atoms with Crippen LogP contribution in [0.5, 0.6) is 0 Å². The van der Waals surface area contributed by atoms with Gasteiger partial charge in [-0.15, -0.1) is 0 Å². The average Bonchev–Trinajstić information content (AvgIpc) is 3.28. The Hall–Kier alpha value is -2.34. The lowest BCUT2D eigenvalue weighted by atomic mass is 9.90. The van der Waals surface area contributed by atoms with Crippen LogP contribution in [0.2, 0.25) is 0 Å². The Morgan fingerprint density at radius 1 is 1.35 bits per heavy atom. The van der Waals surface area contributed by atoms with Gasteiger partial charge in [-0.1, -0.05) is 12.1 Å². The van der Waals surface area contributed by atoms with Crippen LogP contribution < -0.4 is 11.1 Å². The zero-order valence-corrected chi connectivity index (χ0v) is 15.3. The van der Waals surface area contributed by atoms with Gasteiger partial charge in [-0.3, -0.25) is 9.67 Å². The summed E-state index contributed by atoms with van der Waals surface area (Å²) in [7, 11) is 1.95. The molecule has 26 heavy (non-hydrogen) atoms. The second-order valence-corrected chi connectivity index (χ2v) is 7.22. The van der Waals surface area contributed by atoms with Crippen molar-refractivity contribution in [2.45, 2.75) is 38.2 Å². The molecular formula is C20H27N5O. The maximum Gasteiger partial charge on any atom is 0.193 e. The summed E-state index contributed by atoms with van der Waals surface area (Å²) in [5, 5.41) is 7.58.